The molecule has 0 N–H and O–H groups in total. The Morgan fingerprint density at radius 2 is 0.413 bits per heavy atom. The molecule has 0 amide bonds. The third-order valence-electron chi connectivity index (χ3n) is 27.2. The quantitative estimate of drug-likeness (QED) is 0.0782. The van der Waals surface area contributed by atoms with Crippen molar-refractivity contribution in [3.05, 3.63) is 514 Å². The number of hydrogen-bond donors (Lipinski definition) is 0. The van der Waals surface area contributed by atoms with Crippen LogP contribution in [0.2, 0.25) is 0 Å². The summed E-state index contributed by atoms with van der Waals surface area (Å²) in [5.74, 6) is 2.66. The molecule has 3 heterocycles. The van der Waals surface area contributed by atoms with Gasteiger partial charge in [-0.3, -0.25) is 14.7 Å². The van der Waals surface area contributed by atoms with Gasteiger partial charge in [0.15, 0.2) is 0 Å². The molecule has 0 aliphatic heterocycles. The summed E-state index contributed by atoms with van der Waals surface area (Å²) in [5, 5.41) is 27.2. The van der Waals surface area contributed by atoms with Gasteiger partial charge < -0.3 is 14.7 Å². The van der Waals surface area contributed by atoms with Crippen LogP contribution >= 0.6 is 0 Å². The third kappa shape index (κ3) is 14.8. The monoisotopic (exact) mass is 1770 g/mol. The number of rotatable bonds is 18. The summed E-state index contributed by atoms with van der Waals surface area (Å²) in [5.41, 5.74) is 21.6. The summed E-state index contributed by atoms with van der Waals surface area (Å²) in [6.07, 6.45) is 5.76. The molecule has 0 unspecified atom stereocenters. The Labute approximate surface area is 801 Å². The fourth-order valence-electron chi connectivity index (χ4n) is 20.9. The molecule has 0 fully saturated rings. The minimum absolute atomic E-state index is 0.886. The topological polar surface area (TPSA) is 58.1 Å². The molecular weight excluding hydrogens is 1680 g/mol. The van der Waals surface area contributed by atoms with Crippen molar-refractivity contribution < 1.29 is 0 Å². The molecule has 0 aliphatic carbocycles. The molecule has 3 aromatic heterocycles. The van der Waals surface area contributed by atoms with Gasteiger partial charge in [0.25, 0.3) is 0 Å². The van der Waals surface area contributed by atoms with E-state index in [2.05, 4.69) is 524 Å². The van der Waals surface area contributed by atoms with Crippen molar-refractivity contribution in [1.29, 1.82) is 0 Å². The van der Waals surface area contributed by atoms with Crippen LogP contribution in [0, 0.1) is 27.7 Å². The lowest BCUT2D eigenvalue weighted by atomic mass is 9.88. The molecule has 0 saturated heterocycles. The predicted molar refractivity (Wildman–Crippen MR) is 586 cm³/mol. The summed E-state index contributed by atoms with van der Waals surface area (Å²) >= 11 is 0. The summed E-state index contributed by atoms with van der Waals surface area (Å²) in [6, 6.07) is 170. The number of aromatic nitrogens is 3. The molecule has 26 rings (SSSR count). The molecule has 0 aliphatic rings. The Kier molecular flexibility index (Phi) is 21.4. The minimum Gasteiger partial charge on any atom is -0.310 e. The number of para-hydroxylation sites is 7. The molecule has 9 nitrogen and oxygen atoms in total. The van der Waals surface area contributed by atoms with Gasteiger partial charge >= 0.3 is 0 Å². The average molecular weight is 1770 g/mol. The van der Waals surface area contributed by atoms with E-state index in [1.807, 2.05) is 24.7 Å². The van der Waals surface area contributed by atoms with Crippen LogP contribution in [0.15, 0.2) is 492 Å². The third-order valence-corrected chi connectivity index (χ3v) is 27.2. The van der Waals surface area contributed by atoms with Gasteiger partial charge in [-0.05, 0) is 283 Å². The number of hydrogen-bond acceptors (Lipinski definition) is 9. The number of benzene rings is 23. The number of fused-ring (bicyclic) bond motifs is 2. The summed E-state index contributed by atoms with van der Waals surface area (Å²) in [4.78, 5) is 28.7. The Hall–Kier alpha value is -18.1. The van der Waals surface area contributed by atoms with Gasteiger partial charge in [0, 0.05) is 101 Å². The molecule has 0 spiro atoms. The number of nitrogens with zero attached hydrogens (tertiary/aromatic N) is 9. The molecule has 0 atom stereocenters. The zero-order chi connectivity index (χ0) is 92.3. The first kappa shape index (κ1) is 83.1. The lowest BCUT2D eigenvalue weighted by molar-refractivity contribution is 1.17. The lowest BCUT2D eigenvalue weighted by Crippen LogP contribution is -2.13. The fourth-order valence-corrected chi connectivity index (χ4v) is 20.9. The highest BCUT2D eigenvalue weighted by atomic mass is 15.2. The maximum absolute atomic E-state index is 4.94. The van der Waals surface area contributed by atoms with Crippen LogP contribution in [0.3, 0.4) is 0 Å². The van der Waals surface area contributed by atoms with E-state index in [1.165, 1.54) is 147 Å². The van der Waals surface area contributed by atoms with Crippen LogP contribution in [0.5, 0.6) is 0 Å². The molecule has 23 aromatic carbocycles. The normalized spacial score (nSPS) is 11.5. The molecule has 138 heavy (non-hydrogen) atoms. The Morgan fingerprint density at radius 3 is 0.754 bits per heavy atom. The number of pyridine rings is 3. The van der Waals surface area contributed by atoms with Crippen molar-refractivity contribution >= 4 is 221 Å². The SMILES string of the molecule is Cc1cc(N(c2ccccc2)c2cccc3ccccc23)c2ccc3c(C)cc(N(c4ccccn4)c4cccc5ccccc45)c4ccc1c2c34.Cc1ccc(N(c2ccccc2)c2ccc3ccc4c(N(c5ccccc5)c5ccc(C)cn5)ccc5ccc2c3c54)nc1.c1ccc(N(c2ccccc2)c2ccc3ccc4c(N(c5ccccc5)c5ccccc5)ccc5ccc2c3c54)cc1. The Bertz CT molecular complexity index is 8320. The van der Waals surface area contributed by atoms with E-state index in [4.69, 9.17) is 15.0 Å². The first-order valence-corrected chi connectivity index (χ1v) is 47.2. The molecular formula is C129H93N9. The summed E-state index contributed by atoms with van der Waals surface area (Å²) in [6.45, 7) is 8.64. The largest absolute Gasteiger partial charge is 0.310 e. The standard InChI is InChI=1S/C49H35N3.C40H30N4.C40H28N2/c1-32-30-45(51(36-18-4-3-5-19-36)43-22-12-16-34-14-6-8-20-39(34)43)41-27-25-38-33(2)31-46(42-28-26-37(32)48(41)49(38)42)52(47-24-10-11-29-50-47)44-23-13-17-35-15-7-9-21-40(35)44;1-27-13-23-37(41-25-27)43(31-9-5-3-6-10-31)35-21-17-29-16-20-34-36(22-18-30-15-19-33(35)39(29)40(30)34)44(32-11-7-4-8-12-32)38-24-14-28(2)26-42-38;1-5-13-31(14-6-1)41(32-15-7-2-8-16-32)37-27-23-29-22-26-36-38(28-24-30-21-25-35(37)39(29)40(30)36)42(33-17-9-3-10-18-33)34-19-11-4-12-20-34/h3-31H,1-2H3;3-26H,1-2H3;1-28H. The van der Waals surface area contributed by atoms with Crippen molar-refractivity contribution in [3.63, 3.8) is 0 Å². The van der Waals surface area contributed by atoms with Gasteiger partial charge in [0.1, 0.15) is 17.5 Å². The highest BCUT2D eigenvalue weighted by Gasteiger charge is 2.30. The number of anilines is 18. The van der Waals surface area contributed by atoms with Crippen molar-refractivity contribution in [2.75, 3.05) is 29.4 Å². The van der Waals surface area contributed by atoms with Crippen LogP contribution in [0.4, 0.5) is 103 Å². The van der Waals surface area contributed by atoms with Crippen LogP contribution < -0.4 is 29.4 Å². The van der Waals surface area contributed by atoms with Crippen molar-refractivity contribution in [3.8, 4) is 0 Å². The second-order valence-electron chi connectivity index (χ2n) is 35.6. The van der Waals surface area contributed by atoms with E-state index >= 15 is 0 Å². The highest BCUT2D eigenvalue weighted by molar-refractivity contribution is 6.32. The highest BCUT2D eigenvalue weighted by Crippen LogP contribution is 2.54. The van der Waals surface area contributed by atoms with E-state index in [0.29, 0.717) is 0 Å². The number of aryl methyl sites for hydroxylation is 4. The average Bonchev–Trinajstić information content (AvgIpc) is 0.732. The summed E-state index contributed by atoms with van der Waals surface area (Å²) in [7, 11) is 0. The lowest BCUT2D eigenvalue weighted by Gasteiger charge is -2.30. The van der Waals surface area contributed by atoms with E-state index in [0.717, 1.165) is 96.8 Å². The van der Waals surface area contributed by atoms with Crippen molar-refractivity contribution in [2.24, 2.45) is 0 Å². The van der Waals surface area contributed by atoms with Gasteiger partial charge in [-0.15, -0.1) is 0 Å². The molecule has 0 bridgehead atoms. The Morgan fingerprint density at radius 1 is 0.152 bits per heavy atom. The fraction of sp³-hybridized carbons (Fsp3) is 0.0310. The van der Waals surface area contributed by atoms with E-state index in [1.54, 1.807) is 0 Å². The minimum atomic E-state index is 0.886. The van der Waals surface area contributed by atoms with E-state index < -0.39 is 0 Å². The second kappa shape index (κ2) is 35.5. The van der Waals surface area contributed by atoms with Gasteiger partial charge in [-0.2, -0.15) is 0 Å². The van der Waals surface area contributed by atoms with Crippen LogP contribution in [-0.2, 0) is 0 Å². The predicted octanol–water partition coefficient (Wildman–Crippen LogP) is 36.3. The molecule has 654 valence electrons. The van der Waals surface area contributed by atoms with Gasteiger partial charge in [-0.25, -0.2) is 15.0 Å². The first-order valence-electron chi connectivity index (χ1n) is 47.2. The maximum atomic E-state index is 4.94. The molecule has 9 heteroatoms. The smallest absolute Gasteiger partial charge is 0.137 e. The Balaban J connectivity index is 0.000000113. The maximum Gasteiger partial charge on any atom is 0.137 e. The van der Waals surface area contributed by atoms with E-state index in [9.17, 15) is 0 Å². The van der Waals surface area contributed by atoms with Gasteiger partial charge in [-0.1, -0.05) is 315 Å². The van der Waals surface area contributed by atoms with Gasteiger partial charge in [0.05, 0.1) is 45.5 Å². The molecule has 0 radical (unpaired) electrons. The van der Waals surface area contributed by atoms with Gasteiger partial charge in [0.2, 0.25) is 0 Å². The summed E-state index contributed by atoms with van der Waals surface area (Å²) < 4.78 is 0. The zero-order valence-corrected chi connectivity index (χ0v) is 76.8. The van der Waals surface area contributed by atoms with Crippen LogP contribution in [0.1, 0.15) is 22.3 Å². The van der Waals surface area contributed by atoms with Crippen LogP contribution in [0.25, 0.3) is 118 Å². The molecule has 0 saturated carbocycles. The van der Waals surface area contributed by atoms with Crippen molar-refractivity contribution in [2.45, 2.75) is 27.7 Å². The van der Waals surface area contributed by atoms with Crippen molar-refractivity contribution in [1.82, 2.24) is 15.0 Å². The zero-order valence-electron chi connectivity index (χ0n) is 76.8. The van der Waals surface area contributed by atoms with E-state index in [-0.39, 0.29) is 0 Å². The second-order valence-corrected chi connectivity index (χ2v) is 35.6. The first-order chi connectivity index (χ1) is 68.2. The molecule has 26 aromatic rings. The van der Waals surface area contributed by atoms with Crippen LogP contribution in [-0.4, -0.2) is 15.0 Å².